The molecule has 2 fully saturated rings. The van der Waals surface area contributed by atoms with Crippen molar-refractivity contribution in [3.63, 3.8) is 0 Å². The van der Waals surface area contributed by atoms with E-state index in [2.05, 4.69) is 49.8 Å². The Morgan fingerprint density at radius 1 is 0.685 bits per heavy atom. The number of rotatable bonds is 10. The highest BCUT2D eigenvalue weighted by molar-refractivity contribution is 9.10. The lowest BCUT2D eigenvalue weighted by Gasteiger charge is -2.31. The number of likely N-dealkylation sites (tertiary alicyclic amines) is 2. The number of hydrogen-bond acceptors (Lipinski definition) is 9. The zero-order valence-corrected chi connectivity index (χ0v) is 32.6. The van der Waals surface area contributed by atoms with Gasteiger partial charge in [0.05, 0.1) is 40.9 Å². The van der Waals surface area contributed by atoms with Gasteiger partial charge in [-0.3, -0.25) is 0 Å². The van der Waals surface area contributed by atoms with E-state index in [-0.39, 0.29) is 23.7 Å². The lowest BCUT2D eigenvalue weighted by Crippen LogP contribution is -2.35. The number of H-pyrrole nitrogens is 2. The molecule has 2 aliphatic rings. The Hall–Kier alpha value is -4.46. The highest BCUT2D eigenvalue weighted by Gasteiger charge is 2.29. The number of aromatic amines is 2. The maximum atomic E-state index is 10.6. The van der Waals surface area contributed by atoms with Crippen molar-refractivity contribution in [2.45, 2.75) is 57.0 Å². The number of phenols is 2. The van der Waals surface area contributed by atoms with Crippen molar-refractivity contribution in [2.24, 2.45) is 0 Å². The number of halogens is 1. The van der Waals surface area contributed by atoms with Crippen molar-refractivity contribution >= 4 is 38.0 Å². The summed E-state index contributed by atoms with van der Waals surface area (Å²) in [6.07, 6.45) is 3.20. The fraction of sp³-hybridized carbons (Fsp3) is 0.381. The molecule has 0 spiro atoms. The van der Waals surface area contributed by atoms with E-state index in [0.717, 1.165) is 89.8 Å². The maximum Gasteiger partial charge on any atom is 0.144 e. The standard InChI is InChI=1S/C22H27N3O3.C20H22BrN3O2/c1-3-27-16-8-9-20(26)17(14-16)21(28-15-10-12-25(2)13-11-15)22-23-18-6-4-5-7-19(18)24-22;1-24-10-8-14(9-11-24)26-19(15-12-13(21)6-7-18(15)25)20-22-16-4-2-3-5-17(16)23-20/h4-9,14-15,21,26H,3,10-13H2,1-2H3,(H,23,24);2-7,12,14,19,25H,8-11H2,1H3,(H,22,23). The van der Waals surface area contributed by atoms with Crippen LogP contribution in [-0.2, 0) is 9.47 Å². The van der Waals surface area contributed by atoms with Crippen LogP contribution in [0.4, 0.5) is 0 Å². The molecule has 11 nitrogen and oxygen atoms in total. The van der Waals surface area contributed by atoms with Crippen molar-refractivity contribution in [1.29, 1.82) is 0 Å². The maximum absolute atomic E-state index is 10.6. The summed E-state index contributed by atoms with van der Waals surface area (Å²) in [6, 6.07) is 26.5. The van der Waals surface area contributed by atoms with Gasteiger partial charge >= 0.3 is 0 Å². The third-order valence-electron chi connectivity index (χ3n) is 10.2. The van der Waals surface area contributed by atoms with Gasteiger partial charge in [-0.25, -0.2) is 9.97 Å². The summed E-state index contributed by atoms with van der Waals surface area (Å²) < 4.78 is 19.5. The number of imidazole rings is 2. The Kier molecular flexibility index (Phi) is 12.2. The molecule has 4 heterocycles. The zero-order valence-electron chi connectivity index (χ0n) is 31.0. The third-order valence-corrected chi connectivity index (χ3v) is 10.7. The van der Waals surface area contributed by atoms with Gasteiger partial charge < -0.3 is 44.2 Å². The number of benzene rings is 4. The van der Waals surface area contributed by atoms with Crippen molar-refractivity contribution in [1.82, 2.24) is 29.7 Å². The molecule has 2 saturated heterocycles. The minimum absolute atomic E-state index is 0.115. The number of aromatic nitrogens is 4. The van der Waals surface area contributed by atoms with Gasteiger partial charge in [-0.2, -0.15) is 0 Å². The molecule has 12 heteroatoms. The molecule has 0 bridgehead atoms. The average Bonchev–Trinajstić information content (AvgIpc) is 3.82. The van der Waals surface area contributed by atoms with Crippen LogP contribution in [0.1, 0.15) is 67.6 Å². The summed E-state index contributed by atoms with van der Waals surface area (Å²) in [5, 5.41) is 21.1. The van der Waals surface area contributed by atoms with Crippen LogP contribution in [0, 0.1) is 0 Å². The molecular weight excluding hydrogens is 748 g/mol. The molecule has 54 heavy (non-hydrogen) atoms. The van der Waals surface area contributed by atoms with Crippen LogP contribution < -0.4 is 4.74 Å². The second-order valence-electron chi connectivity index (χ2n) is 14.2. The smallest absolute Gasteiger partial charge is 0.144 e. The quantitative estimate of drug-likeness (QED) is 0.109. The van der Waals surface area contributed by atoms with Crippen LogP contribution in [-0.4, -0.2) is 99.0 Å². The van der Waals surface area contributed by atoms with Gasteiger partial charge in [-0.15, -0.1) is 0 Å². The third kappa shape index (κ3) is 9.07. The van der Waals surface area contributed by atoms with Crippen molar-refractivity contribution < 1.29 is 24.4 Å². The van der Waals surface area contributed by atoms with Crippen LogP contribution in [0.15, 0.2) is 89.4 Å². The number of nitrogens with zero attached hydrogens (tertiary/aromatic N) is 4. The van der Waals surface area contributed by atoms with E-state index in [4.69, 9.17) is 24.2 Å². The SMILES string of the molecule is CCOc1ccc(O)c(C(OC2CCN(C)CC2)c2nc3ccccc3[nH]2)c1.CN1CCC(OC(c2nc3ccccc3[nH]2)c2cc(Br)ccc2O)CC1. The highest BCUT2D eigenvalue weighted by Crippen LogP contribution is 2.38. The molecule has 0 saturated carbocycles. The van der Waals surface area contributed by atoms with E-state index in [0.29, 0.717) is 23.7 Å². The first kappa shape index (κ1) is 37.8. The molecule has 0 amide bonds. The first-order valence-corrected chi connectivity index (χ1v) is 19.5. The number of phenolic OH excluding ortho intramolecular Hbond substituents is 2. The summed E-state index contributed by atoms with van der Waals surface area (Å²) in [7, 11) is 4.26. The highest BCUT2D eigenvalue weighted by atomic mass is 79.9. The fourth-order valence-corrected chi connectivity index (χ4v) is 7.50. The molecule has 2 aliphatic heterocycles. The molecule has 4 aromatic carbocycles. The van der Waals surface area contributed by atoms with Gasteiger partial charge in [0, 0.05) is 41.8 Å². The molecule has 6 aromatic rings. The summed E-state index contributed by atoms with van der Waals surface area (Å²) >= 11 is 3.50. The van der Waals surface area contributed by atoms with Gasteiger partial charge in [0.25, 0.3) is 0 Å². The van der Waals surface area contributed by atoms with Crippen LogP contribution in [0.3, 0.4) is 0 Å². The topological polar surface area (TPSA) is 132 Å². The summed E-state index contributed by atoms with van der Waals surface area (Å²) in [4.78, 5) is 20.8. The predicted octanol–water partition coefficient (Wildman–Crippen LogP) is 8.10. The second-order valence-corrected chi connectivity index (χ2v) is 15.1. The van der Waals surface area contributed by atoms with Crippen molar-refractivity contribution in [2.75, 3.05) is 46.9 Å². The number of piperidine rings is 2. The molecule has 8 rings (SSSR count). The minimum Gasteiger partial charge on any atom is -0.508 e. The summed E-state index contributed by atoms with van der Waals surface area (Å²) in [6.45, 7) is 6.54. The number of para-hydroxylation sites is 4. The van der Waals surface area contributed by atoms with E-state index >= 15 is 0 Å². The van der Waals surface area contributed by atoms with Crippen LogP contribution >= 0.6 is 15.9 Å². The summed E-state index contributed by atoms with van der Waals surface area (Å²) in [5.74, 6) is 2.53. The van der Waals surface area contributed by atoms with E-state index in [1.54, 1.807) is 18.2 Å². The number of aromatic hydroxyl groups is 2. The van der Waals surface area contributed by atoms with Gasteiger partial charge in [-0.1, -0.05) is 40.2 Å². The number of nitrogens with one attached hydrogen (secondary N) is 2. The molecular formula is C42H49BrN6O5. The molecule has 0 aliphatic carbocycles. The Morgan fingerprint density at radius 2 is 1.15 bits per heavy atom. The molecule has 2 atom stereocenters. The Labute approximate surface area is 324 Å². The van der Waals surface area contributed by atoms with Gasteiger partial charge in [-0.05, 0) is 107 Å². The van der Waals surface area contributed by atoms with Crippen molar-refractivity contribution in [3.8, 4) is 17.2 Å². The van der Waals surface area contributed by atoms with Crippen LogP contribution in [0.5, 0.6) is 17.2 Å². The van der Waals surface area contributed by atoms with E-state index in [1.165, 1.54) is 0 Å². The molecule has 2 aromatic heterocycles. The van der Waals surface area contributed by atoms with E-state index in [1.807, 2.05) is 73.7 Å². The zero-order chi connectivity index (χ0) is 37.6. The molecule has 0 radical (unpaired) electrons. The largest absolute Gasteiger partial charge is 0.508 e. The van der Waals surface area contributed by atoms with Crippen LogP contribution in [0.2, 0.25) is 0 Å². The van der Waals surface area contributed by atoms with Crippen LogP contribution in [0.25, 0.3) is 22.1 Å². The Morgan fingerprint density at radius 3 is 1.63 bits per heavy atom. The number of ether oxygens (including phenoxy) is 3. The number of hydrogen-bond donors (Lipinski definition) is 4. The monoisotopic (exact) mass is 796 g/mol. The fourth-order valence-electron chi connectivity index (χ4n) is 7.12. The van der Waals surface area contributed by atoms with E-state index < -0.39 is 12.2 Å². The Bertz CT molecular complexity index is 2070. The number of fused-ring (bicyclic) bond motifs is 2. The second kappa shape index (κ2) is 17.3. The normalized spacial score (nSPS) is 17.3. The lowest BCUT2D eigenvalue weighted by molar-refractivity contribution is -0.0273. The first-order valence-electron chi connectivity index (χ1n) is 18.8. The van der Waals surface area contributed by atoms with Crippen molar-refractivity contribution in [3.05, 3.63) is 112 Å². The predicted molar refractivity (Wildman–Crippen MR) is 214 cm³/mol. The van der Waals surface area contributed by atoms with Gasteiger partial charge in [0.2, 0.25) is 0 Å². The minimum atomic E-state index is -0.485. The van der Waals surface area contributed by atoms with E-state index in [9.17, 15) is 10.2 Å². The molecule has 4 N–H and O–H groups in total. The molecule has 2 unspecified atom stereocenters. The first-order chi connectivity index (χ1) is 26.2. The van der Waals surface area contributed by atoms with Gasteiger partial charge in [0.1, 0.15) is 41.1 Å². The average molecular weight is 798 g/mol. The molecule has 284 valence electrons. The summed E-state index contributed by atoms with van der Waals surface area (Å²) in [5.41, 5.74) is 5.09. The lowest BCUT2D eigenvalue weighted by atomic mass is 10.0. The van der Waals surface area contributed by atoms with Gasteiger partial charge in [0.15, 0.2) is 0 Å². The Balaban J connectivity index is 0.000000167.